The van der Waals surface area contributed by atoms with Crippen molar-refractivity contribution in [1.82, 2.24) is 0 Å². The number of hydrogen-bond acceptors (Lipinski definition) is 0. The van der Waals surface area contributed by atoms with E-state index in [4.69, 9.17) is 0 Å². The SMILES string of the molecule is [CH2]C(C)(C)C(C)CC(C)(C)CC. The van der Waals surface area contributed by atoms with E-state index in [0.29, 0.717) is 11.3 Å². The lowest BCUT2D eigenvalue weighted by Crippen LogP contribution is -2.24. The Morgan fingerprint density at radius 1 is 1.17 bits per heavy atom. The van der Waals surface area contributed by atoms with Crippen LogP contribution in [0.2, 0.25) is 0 Å². The molecule has 0 aromatic rings. The van der Waals surface area contributed by atoms with E-state index in [-0.39, 0.29) is 5.41 Å². The molecule has 0 aliphatic carbocycles. The molecule has 0 bridgehead atoms. The Morgan fingerprint density at radius 2 is 1.58 bits per heavy atom. The summed E-state index contributed by atoms with van der Waals surface area (Å²) in [7, 11) is 0. The first-order valence-corrected chi connectivity index (χ1v) is 5.04. The van der Waals surface area contributed by atoms with Gasteiger partial charge in [-0.25, -0.2) is 0 Å². The molecule has 1 radical (unpaired) electrons. The fourth-order valence-corrected chi connectivity index (χ4v) is 1.25. The van der Waals surface area contributed by atoms with Crippen molar-refractivity contribution in [3.05, 3.63) is 6.92 Å². The fraction of sp³-hybridized carbons (Fsp3) is 0.917. The Kier molecular flexibility index (Phi) is 3.81. The molecule has 1 atom stereocenters. The molecule has 0 aliphatic heterocycles. The molecule has 0 fully saturated rings. The first-order valence-electron chi connectivity index (χ1n) is 5.04. The lowest BCUT2D eigenvalue weighted by atomic mass is 9.72. The topological polar surface area (TPSA) is 0 Å². The van der Waals surface area contributed by atoms with Crippen molar-refractivity contribution in [2.75, 3.05) is 0 Å². The third-order valence-electron chi connectivity index (χ3n) is 3.15. The van der Waals surface area contributed by atoms with Crippen LogP contribution in [0.25, 0.3) is 0 Å². The average molecular weight is 169 g/mol. The highest BCUT2D eigenvalue weighted by molar-refractivity contribution is 4.81. The monoisotopic (exact) mass is 169 g/mol. The Labute approximate surface area is 78.8 Å². The lowest BCUT2D eigenvalue weighted by Gasteiger charge is -2.34. The first kappa shape index (κ1) is 12.0. The van der Waals surface area contributed by atoms with Gasteiger partial charge in [-0.3, -0.25) is 0 Å². The van der Waals surface area contributed by atoms with Gasteiger partial charge in [0.05, 0.1) is 0 Å². The largest absolute Gasteiger partial charge is 0.0649 e. The summed E-state index contributed by atoms with van der Waals surface area (Å²) >= 11 is 0. The third kappa shape index (κ3) is 4.13. The first-order chi connectivity index (χ1) is 5.19. The van der Waals surface area contributed by atoms with E-state index in [9.17, 15) is 0 Å². The molecule has 0 heteroatoms. The summed E-state index contributed by atoms with van der Waals surface area (Å²) in [5.41, 5.74) is 0.695. The van der Waals surface area contributed by atoms with Gasteiger partial charge in [-0.2, -0.15) is 0 Å². The third-order valence-corrected chi connectivity index (χ3v) is 3.15. The molecule has 0 N–H and O–H groups in total. The van der Waals surface area contributed by atoms with Crippen LogP contribution in [0.15, 0.2) is 0 Å². The van der Waals surface area contributed by atoms with Crippen LogP contribution in [0.3, 0.4) is 0 Å². The van der Waals surface area contributed by atoms with Gasteiger partial charge in [0, 0.05) is 0 Å². The van der Waals surface area contributed by atoms with Gasteiger partial charge >= 0.3 is 0 Å². The second-order valence-electron chi connectivity index (χ2n) is 5.61. The highest BCUT2D eigenvalue weighted by Gasteiger charge is 2.26. The van der Waals surface area contributed by atoms with Gasteiger partial charge < -0.3 is 0 Å². The van der Waals surface area contributed by atoms with Crippen LogP contribution in [-0.2, 0) is 0 Å². The van der Waals surface area contributed by atoms with E-state index in [0.717, 1.165) is 0 Å². The second kappa shape index (κ2) is 3.81. The molecule has 0 saturated carbocycles. The molecule has 0 heterocycles. The molecule has 0 aliphatic rings. The fourth-order valence-electron chi connectivity index (χ4n) is 1.25. The minimum absolute atomic E-state index is 0.215. The van der Waals surface area contributed by atoms with E-state index in [2.05, 4.69) is 48.5 Å². The Balaban J connectivity index is 4.09. The van der Waals surface area contributed by atoms with Gasteiger partial charge in [0.15, 0.2) is 0 Å². The maximum absolute atomic E-state index is 4.19. The lowest BCUT2D eigenvalue weighted by molar-refractivity contribution is 0.186. The van der Waals surface area contributed by atoms with Crippen molar-refractivity contribution in [2.24, 2.45) is 16.7 Å². The summed E-state index contributed by atoms with van der Waals surface area (Å²) in [6, 6.07) is 0. The van der Waals surface area contributed by atoms with E-state index in [1.165, 1.54) is 12.8 Å². The molecule has 0 spiro atoms. The average Bonchev–Trinajstić information content (AvgIpc) is 1.85. The maximum atomic E-state index is 4.19. The Bertz CT molecular complexity index is 125. The maximum Gasteiger partial charge on any atom is -0.0328 e. The van der Waals surface area contributed by atoms with Crippen molar-refractivity contribution >= 4 is 0 Å². The normalized spacial score (nSPS) is 16.2. The smallest absolute Gasteiger partial charge is 0.0328 e. The predicted molar refractivity (Wildman–Crippen MR) is 57.0 cm³/mol. The molecule has 12 heavy (non-hydrogen) atoms. The predicted octanol–water partition coefficient (Wildman–Crippen LogP) is 4.31. The van der Waals surface area contributed by atoms with Gasteiger partial charge in [-0.1, -0.05) is 48.0 Å². The van der Waals surface area contributed by atoms with Crippen LogP contribution < -0.4 is 0 Å². The molecule has 1 unspecified atom stereocenters. The van der Waals surface area contributed by atoms with Crippen molar-refractivity contribution < 1.29 is 0 Å². The minimum atomic E-state index is 0.215. The van der Waals surface area contributed by atoms with Gasteiger partial charge in [-0.15, -0.1) is 0 Å². The molecule has 73 valence electrons. The summed E-state index contributed by atoms with van der Waals surface area (Å²) in [5, 5.41) is 0. The van der Waals surface area contributed by atoms with Crippen LogP contribution in [0.5, 0.6) is 0 Å². The Hall–Kier alpha value is 0. The van der Waals surface area contributed by atoms with Gasteiger partial charge in [0.25, 0.3) is 0 Å². The van der Waals surface area contributed by atoms with Crippen molar-refractivity contribution in [3.8, 4) is 0 Å². The van der Waals surface area contributed by atoms with Crippen molar-refractivity contribution in [2.45, 2.75) is 54.4 Å². The van der Waals surface area contributed by atoms with E-state index >= 15 is 0 Å². The minimum Gasteiger partial charge on any atom is -0.0649 e. The number of hydrogen-bond donors (Lipinski definition) is 0. The summed E-state index contributed by atoms with van der Waals surface area (Å²) in [5.74, 6) is 0.701. The van der Waals surface area contributed by atoms with Gasteiger partial charge in [0.1, 0.15) is 0 Å². The molecule has 0 amide bonds. The highest BCUT2D eigenvalue weighted by atomic mass is 14.3. The molecule has 0 aromatic heterocycles. The molecule has 0 nitrogen and oxygen atoms in total. The molecule has 0 saturated heterocycles. The van der Waals surface area contributed by atoms with Crippen LogP contribution >= 0.6 is 0 Å². The van der Waals surface area contributed by atoms with E-state index < -0.39 is 0 Å². The molecular formula is C12H25. The van der Waals surface area contributed by atoms with Crippen LogP contribution in [-0.4, -0.2) is 0 Å². The Morgan fingerprint density at radius 3 is 1.83 bits per heavy atom. The zero-order valence-corrected chi connectivity index (χ0v) is 9.70. The highest BCUT2D eigenvalue weighted by Crippen LogP contribution is 2.36. The van der Waals surface area contributed by atoms with Crippen molar-refractivity contribution in [1.29, 1.82) is 0 Å². The summed E-state index contributed by atoms with van der Waals surface area (Å²) in [4.78, 5) is 0. The summed E-state index contributed by atoms with van der Waals surface area (Å²) < 4.78 is 0. The zero-order chi connectivity index (χ0) is 9.99. The second-order valence-corrected chi connectivity index (χ2v) is 5.61. The van der Waals surface area contributed by atoms with E-state index in [1.807, 2.05) is 0 Å². The number of rotatable bonds is 4. The summed E-state index contributed by atoms with van der Waals surface area (Å²) in [6.45, 7) is 17.9. The summed E-state index contributed by atoms with van der Waals surface area (Å²) in [6.07, 6.45) is 2.54. The quantitative estimate of drug-likeness (QED) is 0.588. The van der Waals surface area contributed by atoms with E-state index in [1.54, 1.807) is 0 Å². The van der Waals surface area contributed by atoms with Crippen LogP contribution in [0.1, 0.15) is 54.4 Å². The van der Waals surface area contributed by atoms with Crippen LogP contribution in [0, 0.1) is 23.7 Å². The van der Waals surface area contributed by atoms with Gasteiger partial charge in [0.2, 0.25) is 0 Å². The van der Waals surface area contributed by atoms with Gasteiger partial charge in [-0.05, 0) is 30.1 Å². The molecule has 0 rings (SSSR count). The molecular weight excluding hydrogens is 144 g/mol. The standard InChI is InChI=1S/C12H25/c1-8-12(6,7)9-10(2)11(3,4)5/h10H,3,8-9H2,1-2,4-7H3. The van der Waals surface area contributed by atoms with Crippen LogP contribution in [0.4, 0.5) is 0 Å². The zero-order valence-electron chi connectivity index (χ0n) is 9.70. The van der Waals surface area contributed by atoms with Crippen molar-refractivity contribution in [3.63, 3.8) is 0 Å². The molecule has 0 aromatic carbocycles.